The maximum atomic E-state index is 12.8. The van der Waals surface area contributed by atoms with Crippen molar-refractivity contribution in [1.29, 1.82) is 0 Å². The van der Waals surface area contributed by atoms with Gasteiger partial charge in [0.05, 0.1) is 34.5 Å². The van der Waals surface area contributed by atoms with Crippen molar-refractivity contribution >= 4 is 50.7 Å². The molecule has 1 atom stereocenters. The molecular weight excluding hydrogens is 418 g/mol. The molecule has 30 heavy (non-hydrogen) atoms. The van der Waals surface area contributed by atoms with Gasteiger partial charge in [-0.15, -0.1) is 22.7 Å². The summed E-state index contributed by atoms with van der Waals surface area (Å²) in [6, 6.07) is 11.3. The summed E-state index contributed by atoms with van der Waals surface area (Å²) in [5.74, 6) is -0.199. The number of carbonyl (C=O) groups excluding carboxylic acids is 2. The summed E-state index contributed by atoms with van der Waals surface area (Å²) in [5.41, 5.74) is 2.63. The van der Waals surface area contributed by atoms with Gasteiger partial charge in [-0.2, -0.15) is 0 Å². The Morgan fingerprint density at radius 3 is 2.77 bits per heavy atom. The summed E-state index contributed by atoms with van der Waals surface area (Å²) < 4.78 is 1.86. The molecule has 2 N–H and O–H groups in total. The number of anilines is 1. The molecule has 7 nitrogen and oxygen atoms in total. The number of nitrogens with one attached hydrogen (secondary N) is 2. The summed E-state index contributed by atoms with van der Waals surface area (Å²) in [4.78, 5) is 36.0. The third-order valence-electron chi connectivity index (χ3n) is 4.71. The molecular formula is C21H21N5O2S2. The van der Waals surface area contributed by atoms with Gasteiger partial charge >= 0.3 is 0 Å². The van der Waals surface area contributed by atoms with Gasteiger partial charge in [-0.3, -0.25) is 9.59 Å². The lowest BCUT2D eigenvalue weighted by Crippen LogP contribution is -2.23. The Morgan fingerprint density at radius 1 is 1.17 bits per heavy atom. The highest BCUT2D eigenvalue weighted by Crippen LogP contribution is 2.35. The third kappa shape index (κ3) is 4.12. The van der Waals surface area contributed by atoms with E-state index in [0.29, 0.717) is 11.7 Å². The first-order valence-corrected chi connectivity index (χ1v) is 11.1. The summed E-state index contributed by atoms with van der Waals surface area (Å²) in [6.07, 6.45) is 1.69. The highest BCUT2D eigenvalue weighted by atomic mass is 32.1. The molecule has 0 radical (unpaired) electrons. The quantitative estimate of drug-likeness (QED) is 0.467. The number of hydrogen-bond donors (Lipinski definition) is 2. The number of thiophene rings is 1. The van der Waals surface area contributed by atoms with Crippen LogP contribution in [0.4, 0.5) is 5.13 Å². The van der Waals surface area contributed by atoms with E-state index < -0.39 is 6.04 Å². The van der Waals surface area contributed by atoms with E-state index in [-0.39, 0.29) is 11.8 Å². The molecule has 0 saturated heterocycles. The molecule has 1 aromatic carbocycles. The van der Waals surface area contributed by atoms with Crippen LogP contribution in [0.2, 0.25) is 0 Å². The van der Waals surface area contributed by atoms with Crippen molar-refractivity contribution in [3.05, 3.63) is 52.5 Å². The van der Waals surface area contributed by atoms with Crippen LogP contribution in [0.5, 0.6) is 0 Å². The lowest BCUT2D eigenvalue weighted by molar-refractivity contribution is -0.119. The van der Waals surface area contributed by atoms with Crippen LogP contribution in [0.3, 0.4) is 0 Å². The van der Waals surface area contributed by atoms with Gasteiger partial charge in [0.25, 0.3) is 0 Å². The second-order valence-corrected chi connectivity index (χ2v) is 9.28. The monoisotopic (exact) mass is 439 g/mol. The van der Waals surface area contributed by atoms with Crippen molar-refractivity contribution in [3.8, 4) is 10.6 Å². The Morgan fingerprint density at radius 2 is 1.97 bits per heavy atom. The molecule has 0 fully saturated rings. The van der Waals surface area contributed by atoms with E-state index in [1.807, 2.05) is 54.8 Å². The molecule has 0 aliphatic heterocycles. The number of thiazole rings is 1. The minimum Gasteiger partial charge on any atom is -0.351 e. The van der Waals surface area contributed by atoms with E-state index in [1.165, 1.54) is 18.3 Å². The van der Waals surface area contributed by atoms with Crippen LogP contribution < -0.4 is 10.6 Å². The van der Waals surface area contributed by atoms with Crippen molar-refractivity contribution in [2.75, 3.05) is 5.32 Å². The number of fused-ring (bicyclic) bond motifs is 1. The molecule has 0 aliphatic rings. The van der Waals surface area contributed by atoms with Crippen molar-refractivity contribution < 1.29 is 9.59 Å². The third-order valence-corrected chi connectivity index (χ3v) is 6.69. The summed E-state index contributed by atoms with van der Waals surface area (Å²) >= 11 is 3.04. The number of hydrogen-bond acceptors (Lipinski definition) is 6. The van der Waals surface area contributed by atoms with Crippen LogP contribution in [-0.4, -0.2) is 26.3 Å². The molecule has 0 aliphatic carbocycles. The minimum absolute atomic E-state index is 0.0559. The molecule has 9 heteroatoms. The number of carbonyl (C=O) groups is 2. The Balaban J connectivity index is 1.49. The van der Waals surface area contributed by atoms with Gasteiger partial charge in [0.2, 0.25) is 11.8 Å². The van der Waals surface area contributed by atoms with Gasteiger partial charge in [0, 0.05) is 16.7 Å². The van der Waals surface area contributed by atoms with Crippen LogP contribution in [0.15, 0.2) is 42.7 Å². The van der Waals surface area contributed by atoms with Crippen molar-refractivity contribution in [3.63, 3.8) is 0 Å². The fourth-order valence-corrected chi connectivity index (χ4v) is 5.00. The average Bonchev–Trinajstić information content (AvgIpc) is 3.43. The maximum absolute atomic E-state index is 12.8. The second kappa shape index (κ2) is 8.37. The zero-order valence-corrected chi connectivity index (χ0v) is 18.4. The predicted octanol–water partition coefficient (Wildman–Crippen LogP) is 4.37. The van der Waals surface area contributed by atoms with E-state index >= 15 is 0 Å². The molecule has 0 spiro atoms. The Kier molecular flexibility index (Phi) is 5.65. The highest BCUT2D eigenvalue weighted by Gasteiger charge is 2.20. The lowest BCUT2D eigenvalue weighted by Gasteiger charge is -2.13. The highest BCUT2D eigenvalue weighted by molar-refractivity contribution is 7.18. The zero-order valence-electron chi connectivity index (χ0n) is 16.8. The molecule has 3 heterocycles. The maximum Gasteiger partial charge on any atom is 0.248 e. The predicted molar refractivity (Wildman–Crippen MR) is 121 cm³/mol. The zero-order chi connectivity index (χ0) is 21.3. The van der Waals surface area contributed by atoms with Crippen LogP contribution in [-0.2, 0) is 16.1 Å². The first-order valence-electron chi connectivity index (χ1n) is 9.45. The summed E-state index contributed by atoms with van der Waals surface area (Å²) in [5, 5.41) is 6.31. The van der Waals surface area contributed by atoms with Gasteiger partial charge in [-0.25, -0.2) is 9.97 Å². The van der Waals surface area contributed by atoms with Crippen LogP contribution >= 0.6 is 22.7 Å². The lowest BCUT2D eigenvalue weighted by atomic mass is 10.2. The van der Waals surface area contributed by atoms with Gasteiger partial charge in [-0.1, -0.05) is 12.1 Å². The fraction of sp³-hybridized carbons (Fsp3) is 0.238. The average molecular weight is 440 g/mol. The van der Waals surface area contributed by atoms with E-state index in [1.54, 1.807) is 17.7 Å². The van der Waals surface area contributed by atoms with Gasteiger partial charge in [-0.05, 0) is 38.1 Å². The summed E-state index contributed by atoms with van der Waals surface area (Å²) in [7, 11) is 0. The van der Waals surface area contributed by atoms with E-state index in [0.717, 1.165) is 31.4 Å². The van der Waals surface area contributed by atoms with E-state index in [9.17, 15) is 9.59 Å². The van der Waals surface area contributed by atoms with E-state index in [2.05, 4.69) is 20.6 Å². The minimum atomic E-state index is -0.420. The smallest absolute Gasteiger partial charge is 0.248 e. The molecule has 4 rings (SSSR count). The van der Waals surface area contributed by atoms with Gasteiger partial charge in [0.15, 0.2) is 5.13 Å². The standard InChI is InChI=1S/C21H21N5O2S2/c1-12(26-11-23-16-6-4-5-7-17(16)26)20(28)25-21-24-19(13(2)29-21)18-9-8-15(30-18)10-22-14(3)27/h4-9,11-12H,10H2,1-3H3,(H,22,27)(H,24,25,28). The van der Waals surface area contributed by atoms with Crippen molar-refractivity contribution in [2.45, 2.75) is 33.4 Å². The van der Waals surface area contributed by atoms with Crippen LogP contribution in [0, 0.1) is 6.92 Å². The normalized spacial score (nSPS) is 12.1. The fourth-order valence-electron chi connectivity index (χ4n) is 3.11. The number of imidazole rings is 1. The molecule has 3 aromatic heterocycles. The van der Waals surface area contributed by atoms with E-state index in [4.69, 9.17) is 0 Å². The first kappa shape index (κ1) is 20.2. The molecule has 1 unspecified atom stereocenters. The molecule has 154 valence electrons. The number of aromatic nitrogens is 3. The Hall–Kier alpha value is -3.04. The number of rotatable bonds is 6. The SMILES string of the molecule is CC(=O)NCc1ccc(-c2nc(NC(=O)C(C)n3cnc4ccccc43)sc2C)s1. The van der Waals surface area contributed by atoms with Crippen LogP contribution in [0.1, 0.15) is 29.6 Å². The first-order chi connectivity index (χ1) is 14.4. The topological polar surface area (TPSA) is 88.9 Å². The molecule has 2 amide bonds. The molecule has 0 saturated carbocycles. The number of aryl methyl sites for hydroxylation is 1. The number of nitrogens with zero attached hydrogens (tertiary/aromatic N) is 3. The number of para-hydroxylation sites is 2. The van der Waals surface area contributed by atoms with Crippen molar-refractivity contribution in [2.24, 2.45) is 0 Å². The Labute approximate surface area is 181 Å². The Bertz CT molecular complexity index is 1220. The van der Waals surface area contributed by atoms with Crippen molar-refractivity contribution in [1.82, 2.24) is 19.9 Å². The van der Waals surface area contributed by atoms with Gasteiger partial charge < -0.3 is 15.2 Å². The number of amides is 2. The molecule has 0 bridgehead atoms. The van der Waals surface area contributed by atoms with Crippen LogP contribution in [0.25, 0.3) is 21.6 Å². The molecule has 4 aromatic rings. The van der Waals surface area contributed by atoms with Gasteiger partial charge in [0.1, 0.15) is 6.04 Å². The number of benzene rings is 1. The summed E-state index contributed by atoms with van der Waals surface area (Å²) in [6.45, 7) is 5.84. The largest absolute Gasteiger partial charge is 0.351 e. The second-order valence-electron chi connectivity index (χ2n) is 6.91.